The SMILES string of the molecule is [2H]C([2H])([2H])n1cc(-c2ccc(-c3nc4sc(N(C)C5CCN(C)CC5)nc4s3)c(O)c2)cn1. The van der Waals surface area contributed by atoms with Crippen LogP contribution in [0.5, 0.6) is 5.75 Å². The molecule has 9 heteroatoms. The number of phenols is 1. The van der Waals surface area contributed by atoms with Crippen LogP contribution in [0.3, 0.4) is 0 Å². The van der Waals surface area contributed by atoms with E-state index in [0.717, 1.165) is 45.4 Å². The van der Waals surface area contributed by atoms with Crippen molar-refractivity contribution in [2.45, 2.75) is 18.9 Å². The molecule has 0 amide bonds. The third kappa shape index (κ3) is 3.57. The summed E-state index contributed by atoms with van der Waals surface area (Å²) >= 11 is 3.04. The lowest BCUT2D eigenvalue weighted by molar-refractivity contribution is 0.253. The van der Waals surface area contributed by atoms with Crippen LogP contribution in [0, 0.1) is 0 Å². The summed E-state index contributed by atoms with van der Waals surface area (Å²) in [5, 5.41) is 16.3. The van der Waals surface area contributed by atoms with E-state index in [0.29, 0.717) is 27.7 Å². The lowest BCUT2D eigenvalue weighted by atomic mass is 10.0. The summed E-state index contributed by atoms with van der Waals surface area (Å²) in [5.74, 6) is 0.0826. The van der Waals surface area contributed by atoms with Gasteiger partial charge in [0.15, 0.2) is 14.8 Å². The maximum Gasteiger partial charge on any atom is 0.188 e. The van der Waals surface area contributed by atoms with Crippen molar-refractivity contribution in [1.29, 1.82) is 0 Å². The molecule has 156 valence electrons. The number of anilines is 1. The van der Waals surface area contributed by atoms with Gasteiger partial charge in [0.2, 0.25) is 0 Å². The van der Waals surface area contributed by atoms with Gasteiger partial charge in [0.25, 0.3) is 0 Å². The number of thiazole rings is 2. The molecule has 4 heterocycles. The van der Waals surface area contributed by atoms with Crippen molar-refractivity contribution in [3.8, 4) is 27.4 Å². The molecule has 1 aromatic carbocycles. The van der Waals surface area contributed by atoms with Crippen molar-refractivity contribution in [3.05, 3.63) is 30.6 Å². The summed E-state index contributed by atoms with van der Waals surface area (Å²) in [4.78, 5) is 15.9. The fraction of sp³-hybridized carbons (Fsp3) is 0.381. The van der Waals surface area contributed by atoms with Crippen LogP contribution in [0.15, 0.2) is 30.6 Å². The molecule has 0 bridgehead atoms. The van der Waals surface area contributed by atoms with Crippen molar-refractivity contribution in [2.24, 2.45) is 6.98 Å². The molecular weight excluding hydrogens is 416 g/mol. The fourth-order valence-electron chi connectivity index (χ4n) is 3.80. The van der Waals surface area contributed by atoms with E-state index in [4.69, 9.17) is 14.1 Å². The Morgan fingerprint density at radius 2 is 1.97 bits per heavy atom. The average Bonchev–Trinajstić information content (AvgIpc) is 3.48. The zero-order valence-corrected chi connectivity index (χ0v) is 18.4. The highest BCUT2D eigenvalue weighted by Gasteiger charge is 2.24. The molecule has 3 aromatic heterocycles. The average molecular weight is 444 g/mol. The van der Waals surface area contributed by atoms with Crippen LogP contribution in [0.4, 0.5) is 5.13 Å². The maximum atomic E-state index is 10.7. The van der Waals surface area contributed by atoms with Gasteiger partial charge in [0, 0.05) is 35.9 Å². The number of fused-ring (bicyclic) bond motifs is 1. The highest BCUT2D eigenvalue weighted by atomic mass is 32.1. The molecule has 0 aliphatic carbocycles. The normalized spacial score (nSPS) is 17.7. The Balaban J connectivity index is 1.37. The van der Waals surface area contributed by atoms with Crippen molar-refractivity contribution < 1.29 is 9.22 Å². The topological polar surface area (TPSA) is 70.3 Å². The highest BCUT2D eigenvalue weighted by molar-refractivity contribution is 7.29. The Kier molecular flexibility index (Phi) is 4.14. The van der Waals surface area contributed by atoms with E-state index in [2.05, 4.69) is 29.0 Å². The Labute approximate surface area is 187 Å². The predicted molar refractivity (Wildman–Crippen MR) is 124 cm³/mol. The largest absolute Gasteiger partial charge is 0.507 e. The van der Waals surface area contributed by atoms with Crippen molar-refractivity contribution in [1.82, 2.24) is 24.6 Å². The first-order chi connectivity index (χ1) is 15.7. The van der Waals surface area contributed by atoms with Gasteiger partial charge in [0.1, 0.15) is 10.8 Å². The number of aryl methyl sites for hydroxylation is 1. The molecule has 0 unspecified atom stereocenters. The molecule has 1 fully saturated rings. The van der Waals surface area contributed by atoms with Gasteiger partial charge in [-0.1, -0.05) is 28.7 Å². The van der Waals surface area contributed by atoms with Crippen LogP contribution in [0.1, 0.15) is 17.0 Å². The van der Waals surface area contributed by atoms with Crippen LogP contribution in [0.2, 0.25) is 0 Å². The number of piperidine rings is 1. The highest BCUT2D eigenvalue weighted by Crippen LogP contribution is 2.40. The van der Waals surface area contributed by atoms with E-state index in [1.165, 1.54) is 23.7 Å². The molecule has 7 nitrogen and oxygen atoms in total. The van der Waals surface area contributed by atoms with Gasteiger partial charge < -0.3 is 14.9 Å². The minimum atomic E-state index is -2.33. The first-order valence-electron chi connectivity index (χ1n) is 11.3. The first-order valence-corrected chi connectivity index (χ1v) is 11.4. The summed E-state index contributed by atoms with van der Waals surface area (Å²) in [5.41, 5.74) is 1.93. The second-order valence-corrected chi connectivity index (χ2v) is 9.61. The second kappa shape index (κ2) is 7.64. The zero-order valence-electron chi connectivity index (χ0n) is 19.7. The van der Waals surface area contributed by atoms with Crippen LogP contribution in [-0.2, 0) is 6.98 Å². The van der Waals surface area contributed by atoms with E-state index >= 15 is 0 Å². The van der Waals surface area contributed by atoms with Gasteiger partial charge in [0.05, 0.1) is 11.8 Å². The lowest BCUT2D eigenvalue weighted by Crippen LogP contribution is -2.41. The zero-order chi connectivity index (χ0) is 23.3. The molecule has 5 rings (SSSR count). The summed E-state index contributed by atoms with van der Waals surface area (Å²) in [6.07, 6.45) is 5.19. The summed E-state index contributed by atoms with van der Waals surface area (Å²) in [7, 11) is 4.27. The van der Waals surface area contributed by atoms with E-state index in [9.17, 15) is 5.11 Å². The maximum absolute atomic E-state index is 10.7. The minimum absolute atomic E-state index is 0.0826. The Morgan fingerprint density at radius 3 is 2.67 bits per heavy atom. The molecule has 1 aliphatic rings. The quantitative estimate of drug-likeness (QED) is 0.513. The van der Waals surface area contributed by atoms with Crippen molar-refractivity contribution in [2.75, 3.05) is 32.1 Å². The molecule has 4 aromatic rings. The van der Waals surface area contributed by atoms with E-state index in [1.54, 1.807) is 23.5 Å². The molecule has 0 atom stereocenters. The summed E-state index contributed by atoms with van der Waals surface area (Å²) in [6.45, 7) is -0.132. The molecule has 1 N–H and O–H groups in total. The van der Waals surface area contributed by atoms with Crippen molar-refractivity contribution in [3.63, 3.8) is 0 Å². The minimum Gasteiger partial charge on any atom is -0.507 e. The number of likely N-dealkylation sites (tertiary alicyclic amines) is 1. The van der Waals surface area contributed by atoms with E-state index in [-0.39, 0.29) is 5.75 Å². The fourth-order valence-corrected chi connectivity index (χ4v) is 5.91. The van der Waals surface area contributed by atoms with E-state index < -0.39 is 6.98 Å². The van der Waals surface area contributed by atoms with Crippen LogP contribution < -0.4 is 4.90 Å². The van der Waals surface area contributed by atoms with Crippen LogP contribution >= 0.6 is 22.7 Å². The first kappa shape index (κ1) is 16.2. The van der Waals surface area contributed by atoms with Gasteiger partial charge in [-0.15, -0.1) is 0 Å². The van der Waals surface area contributed by atoms with Gasteiger partial charge in [-0.2, -0.15) is 5.10 Å². The van der Waals surface area contributed by atoms with Crippen LogP contribution in [0.25, 0.3) is 31.4 Å². The molecule has 30 heavy (non-hydrogen) atoms. The molecule has 0 radical (unpaired) electrons. The number of aromatic nitrogens is 4. The number of hydrogen-bond donors (Lipinski definition) is 1. The molecule has 0 saturated carbocycles. The Hall–Kier alpha value is -2.49. The Bertz CT molecular complexity index is 1260. The van der Waals surface area contributed by atoms with Crippen LogP contribution in [-0.4, -0.2) is 63.0 Å². The van der Waals surface area contributed by atoms with Crippen molar-refractivity contribution >= 4 is 37.5 Å². The summed E-state index contributed by atoms with van der Waals surface area (Å²) < 4.78 is 23.3. The van der Waals surface area contributed by atoms with E-state index in [1.807, 2.05) is 6.07 Å². The molecule has 1 aliphatic heterocycles. The lowest BCUT2D eigenvalue weighted by Gasteiger charge is -2.34. The van der Waals surface area contributed by atoms with Gasteiger partial charge in [-0.05, 0) is 50.7 Å². The molecule has 0 spiro atoms. The predicted octanol–water partition coefficient (Wildman–Crippen LogP) is 4.06. The second-order valence-electron chi connectivity index (χ2n) is 7.68. The smallest absolute Gasteiger partial charge is 0.188 e. The number of nitrogens with zero attached hydrogens (tertiary/aromatic N) is 6. The third-order valence-electron chi connectivity index (χ3n) is 5.65. The van der Waals surface area contributed by atoms with Gasteiger partial charge in [-0.3, -0.25) is 4.68 Å². The van der Waals surface area contributed by atoms with Gasteiger partial charge in [-0.25, -0.2) is 9.97 Å². The Morgan fingerprint density at radius 1 is 1.17 bits per heavy atom. The number of hydrogen-bond acceptors (Lipinski definition) is 8. The third-order valence-corrected chi connectivity index (χ3v) is 7.80. The monoisotopic (exact) mass is 443 g/mol. The number of benzene rings is 1. The standard InChI is InChI=1S/C21H24N6OS2/c1-25-8-6-15(7-9-25)27(3)21-24-20-19(30-21)23-18(29-20)16-5-4-13(10-17(16)28)14-11-22-26(2)12-14/h4-5,10-12,15,28H,6-9H2,1-3H3/i2D3. The molecular formula is C21H24N6OS2. The molecule has 1 saturated heterocycles. The number of aromatic hydroxyl groups is 1. The van der Waals surface area contributed by atoms with Gasteiger partial charge >= 0.3 is 0 Å². The number of phenolic OH excluding ortho intramolecular Hbond substituents is 1. The summed E-state index contributed by atoms with van der Waals surface area (Å²) in [6, 6.07) is 5.73. The number of rotatable bonds is 4.